The van der Waals surface area contributed by atoms with Crippen LogP contribution in [0.2, 0.25) is 0 Å². The van der Waals surface area contributed by atoms with Crippen LogP contribution in [0.25, 0.3) is 0 Å². The van der Waals surface area contributed by atoms with E-state index in [-0.39, 0.29) is 18.7 Å². The molecule has 0 radical (unpaired) electrons. The fourth-order valence-electron chi connectivity index (χ4n) is 2.23. The molecule has 0 spiro atoms. The zero-order valence-corrected chi connectivity index (χ0v) is 7.61. The molecule has 0 aromatic heterocycles. The first-order chi connectivity index (χ1) is 6.31. The van der Waals surface area contributed by atoms with Gasteiger partial charge in [-0.15, -0.1) is 0 Å². The van der Waals surface area contributed by atoms with E-state index < -0.39 is 0 Å². The molecule has 2 aliphatic heterocycles. The molecule has 2 fully saturated rings. The van der Waals surface area contributed by atoms with E-state index >= 15 is 0 Å². The Kier molecular flexibility index (Phi) is 2.40. The number of carbonyl (C=O) groups excluding carboxylic acids is 1. The molecule has 13 heavy (non-hydrogen) atoms. The number of ether oxygens (including phenoxy) is 1. The van der Waals surface area contributed by atoms with Gasteiger partial charge in [0.15, 0.2) is 0 Å². The average Bonchev–Trinajstić information content (AvgIpc) is 2.48. The minimum Gasteiger partial charge on any atom is -0.447 e. The summed E-state index contributed by atoms with van der Waals surface area (Å²) >= 11 is 0. The summed E-state index contributed by atoms with van der Waals surface area (Å²) in [4.78, 5) is 12.9. The lowest BCUT2D eigenvalue weighted by atomic mass is 9.89. The predicted octanol–water partition coefficient (Wildman–Crippen LogP) is 0.600. The number of piperidine rings is 1. The van der Waals surface area contributed by atoms with E-state index in [1.165, 1.54) is 0 Å². The maximum Gasteiger partial charge on any atom is 0.410 e. The van der Waals surface area contributed by atoms with Crippen LogP contribution in [0.5, 0.6) is 0 Å². The standard InChI is InChI=1S/C9H15NO3/c11-4-2-7-1-3-10-8(5-7)6-13-9(10)12/h7-8,11H,1-6H2/t7-,8?/m1/s1. The van der Waals surface area contributed by atoms with Gasteiger partial charge in [-0.2, -0.15) is 0 Å². The highest BCUT2D eigenvalue weighted by molar-refractivity contribution is 5.70. The first kappa shape index (κ1) is 8.81. The third-order valence-electron chi connectivity index (χ3n) is 3.00. The molecule has 2 aliphatic rings. The van der Waals surface area contributed by atoms with E-state index in [0.29, 0.717) is 12.5 Å². The largest absolute Gasteiger partial charge is 0.447 e. The van der Waals surface area contributed by atoms with Crippen molar-refractivity contribution in [3.05, 3.63) is 0 Å². The zero-order valence-electron chi connectivity index (χ0n) is 7.61. The van der Waals surface area contributed by atoms with Crippen LogP contribution in [0, 0.1) is 5.92 Å². The van der Waals surface area contributed by atoms with Crippen LogP contribution in [0.15, 0.2) is 0 Å². The molecule has 0 aliphatic carbocycles. The summed E-state index contributed by atoms with van der Waals surface area (Å²) in [6, 6.07) is 0.276. The molecule has 0 aromatic rings. The van der Waals surface area contributed by atoms with Gasteiger partial charge in [0, 0.05) is 13.2 Å². The van der Waals surface area contributed by atoms with E-state index in [1.807, 2.05) is 4.90 Å². The maximum atomic E-state index is 11.1. The Hall–Kier alpha value is -0.770. The molecule has 1 amide bonds. The van der Waals surface area contributed by atoms with E-state index in [1.54, 1.807) is 0 Å². The third-order valence-corrected chi connectivity index (χ3v) is 3.00. The van der Waals surface area contributed by atoms with Crippen molar-refractivity contribution >= 4 is 6.09 Å². The summed E-state index contributed by atoms with van der Waals surface area (Å²) in [5.74, 6) is 0.570. The van der Waals surface area contributed by atoms with Gasteiger partial charge in [0.2, 0.25) is 0 Å². The normalized spacial score (nSPS) is 33.0. The minimum absolute atomic E-state index is 0.160. The number of aliphatic hydroxyl groups is 1. The summed E-state index contributed by atoms with van der Waals surface area (Å²) in [5.41, 5.74) is 0. The summed E-state index contributed by atoms with van der Waals surface area (Å²) in [6.07, 6.45) is 2.70. The molecule has 4 heteroatoms. The SMILES string of the molecule is O=C1OCC2C[C@@H](CCO)CCN12. The van der Waals surface area contributed by atoms with E-state index in [0.717, 1.165) is 25.8 Å². The van der Waals surface area contributed by atoms with Gasteiger partial charge in [-0.25, -0.2) is 4.79 Å². The fourth-order valence-corrected chi connectivity index (χ4v) is 2.23. The number of hydrogen-bond donors (Lipinski definition) is 1. The fraction of sp³-hybridized carbons (Fsp3) is 0.889. The van der Waals surface area contributed by atoms with E-state index in [2.05, 4.69) is 0 Å². The number of nitrogens with zero attached hydrogens (tertiary/aromatic N) is 1. The first-order valence-electron chi connectivity index (χ1n) is 4.85. The van der Waals surface area contributed by atoms with Crippen LogP contribution in [-0.4, -0.2) is 41.9 Å². The topological polar surface area (TPSA) is 49.8 Å². The summed E-state index contributed by atoms with van der Waals surface area (Å²) in [5, 5.41) is 8.80. The van der Waals surface area contributed by atoms with Crippen LogP contribution in [0.3, 0.4) is 0 Å². The zero-order chi connectivity index (χ0) is 9.26. The molecule has 1 unspecified atom stereocenters. The van der Waals surface area contributed by atoms with Crippen molar-refractivity contribution in [1.29, 1.82) is 0 Å². The maximum absolute atomic E-state index is 11.1. The monoisotopic (exact) mass is 185 g/mol. The lowest BCUT2D eigenvalue weighted by molar-refractivity contribution is 0.138. The second kappa shape index (κ2) is 3.54. The number of amides is 1. The number of fused-ring (bicyclic) bond motifs is 1. The quantitative estimate of drug-likeness (QED) is 0.685. The van der Waals surface area contributed by atoms with E-state index in [4.69, 9.17) is 9.84 Å². The van der Waals surface area contributed by atoms with Gasteiger partial charge in [-0.3, -0.25) is 0 Å². The van der Waals surface area contributed by atoms with Gasteiger partial charge < -0.3 is 14.7 Å². The molecule has 2 atom stereocenters. The molecule has 1 N–H and O–H groups in total. The highest BCUT2D eigenvalue weighted by Crippen LogP contribution is 2.29. The highest BCUT2D eigenvalue weighted by Gasteiger charge is 2.37. The molecule has 2 rings (SSSR count). The van der Waals surface area contributed by atoms with Gasteiger partial charge in [0.25, 0.3) is 0 Å². The lowest BCUT2D eigenvalue weighted by Gasteiger charge is -2.31. The molecular weight excluding hydrogens is 170 g/mol. The van der Waals surface area contributed by atoms with Gasteiger partial charge in [0.1, 0.15) is 6.61 Å². The van der Waals surface area contributed by atoms with Crippen molar-refractivity contribution in [3.8, 4) is 0 Å². The molecule has 2 heterocycles. The smallest absolute Gasteiger partial charge is 0.410 e. The van der Waals surface area contributed by atoms with Crippen LogP contribution in [0.4, 0.5) is 4.79 Å². The van der Waals surface area contributed by atoms with Crippen LogP contribution >= 0.6 is 0 Å². The van der Waals surface area contributed by atoms with Gasteiger partial charge in [-0.05, 0) is 25.2 Å². The van der Waals surface area contributed by atoms with Crippen molar-refractivity contribution in [2.24, 2.45) is 5.92 Å². The summed E-state index contributed by atoms with van der Waals surface area (Å²) in [6.45, 7) is 1.60. The van der Waals surface area contributed by atoms with Gasteiger partial charge in [0.05, 0.1) is 6.04 Å². The van der Waals surface area contributed by atoms with E-state index in [9.17, 15) is 4.79 Å². The Labute approximate surface area is 77.5 Å². The van der Waals surface area contributed by atoms with Gasteiger partial charge in [-0.1, -0.05) is 0 Å². The molecule has 0 saturated carbocycles. The second-order valence-corrected chi connectivity index (χ2v) is 3.83. The lowest BCUT2D eigenvalue weighted by Crippen LogP contribution is -2.41. The van der Waals surface area contributed by atoms with Crippen LogP contribution in [0.1, 0.15) is 19.3 Å². The summed E-state index contributed by atoms with van der Waals surface area (Å²) in [7, 11) is 0. The summed E-state index contributed by atoms with van der Waals surface area (Å²) < 4.78 is 4.95. The van der Waals surface area contributed by atoms with Gasteiger partial charge >= 0.3 is 6.09 Å². The van der Waals surface area contributed by atoms with Crippen molar-refractivity contribution in [2.45, 2.75) is 25.3 Å². The second-order valence-electron chi connectivity index (χ2n) is 3.83. The van der Waals surface area contributed by atoms with Crippen molar-refractivity contribution in [2.75, 3.05) is 19.8 Å². The average molecular weight is 185 g/mol. The molecule has 0 bridgehead atoms. The van der Waals surface area contributed by atoms with Crippen molar-refractivity contribution in [1.82, 2.24) is 4.90 Å². The molecule has 2 saturated heterocycles. The molecule has 0 aromatic carbocycles. The van der Waals surface area contributed by atoms with Crippen LogP contribution < -0.4 is 0 Å². The Balaban J connectivity index is 1.91. The van der Waals surface area contributed by atoms with Crippen molar-refractivity contribution in [3.63, 3.8) is 0 Å². The number of hydrogen-bond acceptors (Lipinski definition) is 3. The van der Waals surface area contributed by atoms with Crippen molar-refractivity contribution < 1.29 is 14.6 Å². The van der Waals surface area contributed by atoms with Crippen LogP contribution in [-0.2, 0) is 4.74 Å². The number of carbonyl (C=O) groups is 1. The Morgan fingerprint density at radius 3 is 3.23 bits per heavy atom. The Bertz CT molecular complexity index is 207. The molecule has 74 valence electrons. The highest BCUT2D eigenvalue weighted by atomic mass is 16.6. The minimum atomic E-state index is -0.160. The Morgan fingerprint density at radius 2 is 2.46 bits per heavy atom. The molecule has 4 nitrogen and oxygen atoms in total. The molecular formula is C9H15NO3. The number of cyclic esters (lactones) is 1. The first-order valence-corrected chi connectivity index (χ1v) is 4.85. The predicted molar refractivity (Wildman–Crippen MR) is 46.3 cm³/mol. The number of rotatable bonds is 2. The third kappa shape index (κ3) is 1.63. The number of aliphatic hydroxyl groups excluding tert-OH is 1. The Morgan fingerprint density at radius 1 is 1.62 bits per heavy atom.